The van der Waals surface area contributed by atoms with Crippen molar-refractivity contribution in [3.63, 3.8) is 0 Å². The zero-order valence-electron chi connectivity index (χ0n) is 36.8. The van der Waals surface area contributed by atoms with Crippen molar-refractivity contribution in [1.82, 2.24) is 29.1 Å². The van der Waals surface area contributed by atoms with Gasteiger partial charge in [-0.2, -0.15) is 9.97 Å². The fourth-order valence-electron chi connectivity index (χ4n) is 9.71. The molecule has 9 aromatic carbocycles. The summed E-state index contributed by atoms with van der Waals surface area (Å²) in [5, 5.41) is 4.53. The summed E-state index contributed by atoms with van der Waals surface area (Å²) < 4.78 is 4.62. The fourth-order valence-corrected chi connectivity index (χ4v) is 9.71. The molecule has 6 heteroatoms. The first-order valence-electron chi connectivity index (χ1n) is 22.9. The lowest BCUT2D eigenvalue weighted by atomic mass is 9.98. The summed E-state index contributed by atoms with van der Waals surface area (Å²) in [6.07, 6.45) is 0. The molecule has 0 fully saturated rings. The van der Waals surface area contributed by atoms with E-state index in [2.05, 4.69) is 185 Å². The zero-order valence-corrected chi connectivity index (χ0v) is 36.8. The van der Waals surface area contributed by atoms with Gasteiger partial charge in [0.2, 0.25) is 5.95 Å². The number of para-hydroxylation sites is 2. The van der Waals surface area contributed by atoms with Crippen molar-refractivity contribution in [1.29, 1.82) is 0 Å². The van der Waals surface area contributed by atoms with E-state index in [4.69, 9.17) is 19.9 Å². The molecule has 0 saturated carbocycles. The number of rotatable bonds is 8. The lowest BCUT2D eigenvalue weighted by molar-refractivity contribution is 0.954. The van der Waals surface area contributed by atoms with Crippen molar-refractivity contribution in [3.8, 4) is 79.2 Å². The monoisotopic (exact) mass is 868 g/mol. The Labute approximate surface area is 392 Å². The lowest BCUT2D eigenvalue weighted by Gasteiger charge is -2.13. The van der Waals surface area contributed by atoms with Crippen LogP contribution in [-0.2, 0) is 0 Å². The number of benzene rings is 9. The van der Waals surface area contributed by atoms with Gasteiger partial charge >= 0.3 is 0 Å². The van der Waals surface area contributed by atoms with Gasteiger partial charge in [0.1, 0.15) is 0 Å². The summed E-state index contributed by atoms with van der Waals surface area (Å²) in [5.41, 5.74) is 15.8. The van der Waals surface area contributed by atoms with E-state index in [1.165, 1.54) is 11.1 Å². The molecule has 0 aliphatic carbocycles. The van der Waals surface area contributed by atoms with Crippen LogP contribution in [-0.4, -0.2) is 29.1 Å². The van der Waals surface area contributed by atoms with Crippen molar-refractivity contribution >= 4 is 43.6 Å². The molecule has 0 aliphatic rings. The highest BCUT2D eigenvalue weighted by Crippen LogP contribution is 2.41. The Balaban J connectivity index is 0.990. The predicted molar refractivity (Wildman–Crippen MR) is 279 cm³/mol. The van der Waals surface area contributed by atoms with Gasteiger partial charge in [-0.25, -0.2) is 9.97 Å². The van der Waals surface area contributed by atoms with E-state index in [0.717, 1.165) is 94.1 Å². The molecule has 0 unspecified atom stereocenters. The second kappa shape index (κ2) is 16.3. The molecule has 6 nitrogen and oxygen atoms in total. The van der Waals surface area contributed by atoms with E-state index in [1.807, 2.05) is 66.7 Å². The molecule has 0 saturated heterocycles. The third-order valence-corrected chi connectivity index (χ3v) is 13.0. The molecule has 0 aliphatic heterocycles. The number of nitrogens with zero attached hydrogens (tertiary/aromatic N) is 6. The van der Waals surface area contributed by atoms with Gasteiger partial charge in [-0.3, -0.25) is 4.57 Å². The molecule has 318 valence electrons. The zero-order chi connectivity index (χ0) is 45.0. The molecule has 13 rings (SSSR count). The third-order valence-electron chi connectivity index (χ3n) is 13.0. The highest BCUT2D eigenvalue weighted by Gasteiger charge is 2.21. The van der Waals surface area contributed by atoms with Crippen molar-refractivity contribution in [2.24, 2.45) is 0 Å². The lowest BCUT2D eigenvalue weighted by Crippen LogP contribution is -2.06. The molecule has 0 atom stereocenters. The Morgan fingerprint density at radius 2 is 0.662 bits per heavy atom. The molecule has 4 aromatic heterocycles. The van der Waals surface area contributed by atoms with Gasteiger partial charge in [-0.05, 0) is 70.8 Å². The fraction of sp³-hybridized carbons (Fsp3) is 0. The van der Waals surface area contributed by atoms with Crippen LogP contribution in [0.5, 0.6) is 0 Å². The van der Waals surface area contributed by atoms with E-state index in [9.17, 15) is 0 Å². The van der Waals surface area contributed by atoms with Crippen LogP contribution in [0, 0.1) is 0 Å². The average Bonchev–Trinajstić information content (AvgIpc) is 3.93. The van der Waals surface area contributed by atoms with Gasteiger partial charge in [-0.15, -0.1) is 0 Å². The maximum absolute atomic E-state index is 5.25. The average molecular weight is 869 g/mol. The Morgan fingerprint density at radius 3 is 1.24 bits per heavy atom. The van der Waals surface area contributed by atoms with E-state index in [-0.39, 0.29) is 0 Å². The van der Waals surface area contributed by atoms with E-state index in [0.29, 0.717) is 17.6 Å². The second-order valence-electron chi connectivity index (χ2n) is 17.1. The van der Waals surface area contributed by atoms with E-state index < -0.39 is 0 Å². The Bertz CT molecular complexity index is 3930. The Morgan fingerprint density at radius 1 is 0.235 bits per heavy atom. The van der Waals surface area contributed by atoms with Gasteiger partial charge < -0.3 is 4.57 Å². The van der Waals surface area contributed by atoms with Crippen LogP contribution in [0.3, 0.4) is 0 Å². The molecular formula is C62H40N6. The highest BCUT2D eigenvalue weighted by atomic mass is 15.2. The van der Waals surface area contributed by atoms with Crippen molar-refractivity contribution in [2.75, 3.05) is 0 Å². The van der Waals surface area contributed by atoms with Crippen LogP contribution in [0.15, 0.2) is 243 Å². The first-order chi connectivity index (χ1) is 33.7. The Kier molecular flexibility index (Phi) is 9.39. The third kappa shape index (κ3) is 6.82. The molecular weight excluding hydrogens is 829 g/mol. The maximum Gasteiger partial charge on any atom is 0.238 e. The van der Waals surface area contributed by atoms with Gasteiger partial charge in [0.25, 0.3) is 0 Å². The molecule has 0 radical (unpaired) electrons. The maximum atomic E-state index is 5.25. The summed E-state index contributed by atoms with van der Waals surface area (Å²) >= 11 is 0. The highest BCUT2D eigenvalue weighted by molar-refractivity contribution is 6.19. The summed E-state index contributed by atoms with van der Waals surface area (Å²) in [5.74, 6) is 1.81. The minimum atomic E-state index is 0.568. The van der Waals surface area contributed by atoms with Crippen LogP contribution < -0.4 is 0 Å². The van der Waals surface area contributed by atoms with Crippen molar-refractivity contribution in [2.45, 2.75) is 0 Å². The number of aromatic nitrogens is 6. The van der Waals surface area contributed by atoms with Crippen LogP contribution in [0.1, 0.15) is 0 Å². The number of hydrogen-bond acceptors (Lipinski definition) is 4. The number of fused-ring (bicyclic) bond motifs is 6. The minimum Gasteiger partial charge on any atom is -0.309 e. The van der Waals surface area contributed by atoms with Gasteiger partial charge in [0.05, 0.1) is 33.5 Å². The Hall–Kier alpha value is -9.26. The SMILES string of the molecule is c1ccc(-c2ccc(-c3cc(-c4cccc(-n5c6ccccc6c6cc7c(cc65)c5ccccc5n7-c5nc(-c6ccccc6)nc(-c6ccccc6)n5)c4)cc(-c4ccccc4)n3)cc2)cc1. The normalized spacial score (nSPS) is 11.5. The largest absolute Gasteiger partial charge is 0.309 e. The first kappa shape index (κ1) is 39.1. The standard InChI is InChI=1S/C62H40N6/c1-5-18-41(19-6-1)42-32-34-44(35-33-42)55-38-48(37-54(63-55)43-20-7-2-8-21-43)47-26-17-27-49(36-47)67-56-30-15-13-28-50(56)52-40-59-53(39-58(52)67)51-29-14-16-31-57(51)68(59)62-65-60(45-22-9-3-10-23-45)64-61(66-62)46-24-11-4-12-25-46/h1-40H. The first-order valence-corrected chi connectivity index (χ1v) is 22.9. The molecule has 13 aromatic rings. The smallest absolute Gasteiger partial charge is 0.238 e. The summed E-state index contributed by atoms with van der Waals surface area (Å²) in [6.45, 7) is 0. The van der Waals surface area contributed by atoms with Crippen LogP contribution in [0.4, 0.5) is 0 Å². The minimum absolute atomic E-state index is 0.568. The number of pyridine rings is 1. The van der Waals surface area contributed by atoms with Crippen LogP contribution >= 0.6 is 0 Å². The summed E-state index contributed by atoms with van der Waals surface area (Å²) in [7, 11) is 0. The topological polar surface area (TPSA) is 61.4 Å². The second-order valence-corrected chi connectivity index (χ2v) is 17.1. The van der Waals surface area contributed by atoms with Gasteiger partial charge in [0.15, 0.2) is 11.6 Å². The van der Waals surface area contributed by atoms with E-state index in [1.54, 1.807) is 0 Å². The van der Waals surface area contributed by atoms with Crippen molar-refractivity contribution in [3.05, 3.63) is 243 Å². The molecule has 0 amide bonds. The quantitative estimate of drug-likeness (QED) is 0.153. The van der Waals surface area contributed by atoms with Gasteiger partial charge in [-0.1, -0.05) is 194 Å². The van der Waals surface area contributed by atoms with Gasteiger partial charge in [0, 0.05) is 49.5 Å². The molecule has 0 spiro atoms. The predicted octanol–water partition coefficient (Wildman–Crippen LogP) is 15.5. The van der Waals surface area contributed by atoms with Crippen LogP contribution in [0.25, 0.3) is 123 Å². The van der Waals surface area contributed by atoms with E-state index >= 15 is 0 Å². The molecule has 0 N–H and O–H groups in total. The molecule has 4 heterocycles. The van der Waals surface area contributed by atoms with Crippen molar-refractivity contribution < 1.29 is 0 Å². The number of hydrogen-bond donors (Lipinski definition) is 0. The molecule has 0 bridgehead atoms. The summed E-state index contributed by atoms with van der Waals surface area (Å²) in [4.78, 5) is 20.7. The molecule has 68 heavy (non-hydrogen) atoms. The summed E-state index contributed by atoms with van der Waals surface area (Å²) in [6, 6.07) is 85.3. The van der Waals surface area contributed by atoms with Crippen LogP contribution in [0.2, 0.25) is 0 Å².